The summed E-state index contributed by atoms with van der Waals surface area (Å²) in [6.45, 7) is 10.1. The molecule has 0 aliphatic carbocycles. The van der Waals surface area contributed by atoms with E-state index in [2.05, 4.69) is 10.4 Å². The van der Waals surface area contributed by atoms with Crippen LogP contribution in [0.15, 0.2) is 6.07 Å². The van der Waals surface area contributed by atoms with Crippen molar-refractivity contribution in [1.82, 2.24) is 15.1 Å². The van der Waals surface area contributed by atoms with Crippen molar-refractivity contribution in [2.75, 3.05) is 6.54 Å². The molecule has 0 aliphatic heterocycles. The number of carbonyl (C=O) groups is 1. The molecule has 1 unspecified atom stereocenters. The van der Waals surface area contributed by atoms with Crippen LogP contribution in [-0.2, 0) is 7.05 Å². The summed E-state index contributed by atoms with van der Waals surface area (Å²) in [4.78, 5) is 12.0. The van der Waals surface area contributed by atoms with Crippen molar-refractivity contribution in [3.8, 4) is 0 Å². The number of amides is 1. The molecule has 0 saturated heterocycles. The molecule has 1 aromatic heterocycles. The first-order chi connectivity index (χ1) is 8.62. The number of hydrogen-bond donors (Lipinski definition) is 2. The summed E-state index contributed by atoms with van der Waals surface area (Å²) in [7, 11) is 1.75. The van der Waals surface area contributed by atoms with Crippen LogP contribution in [0, 0.1) is 5.41 Å². The molecule has 1 aromatic rings. The molecule has 0 spiro atoms. The predicted octanol–water partition coefficient (Wildman–Crippen LogP) is 1.68. The lowest BCUT2D eigenvalue weighted by Gasteiger charge is -2.25. The van der Waals surface area contributed by atoms with Crippen molar-refractivity contribution >= 4 is 5.91 Å². The molecule has 5 heteroatoms. The molecule has 1 rings (SSSR count). The van der Waals surface area contributed by atoms with E-state index in [0.29, 0.717) is 5.69 Å². The van der Waals surface area contributed by atoms with Gasteiger partial charge in [0.2, 0.25) is 0 Å². The number of aliphatic hydroxyl groups is 1. The second-order valence-electron chi connectivity index (χ2n) is 6.32. The highest BCUT2D eigenvalue weighted by atomic mass is 16.3. The Morgan fingerprint density at radius 1 is 1.47 bits per heavy atom. The van der Waals surface area contributed by atoms with Gasteiger partial charge in [-0.1, -0.05) is 34.6 Å². The molecular formula is C14H25N3O2. The van der Waals surface area contributed by atoms with E-state index in [1.54, 1.807) is 17.8 Å². The average molecular weight is 267 g/mol. The second kappa shape index (κ2) is 5.74. The van der Waals surface area contributed by atoms with Crippen LogP contribution in [0.2, 0.25) is 0 Å². The number of carbonyl (C=O) groups excluding carboxylic acids is 1. The zero-order valence-corrected chi connectivity index (χ0v) is 12.7. The highest BCUT2D eigenvalue weighted by molar-refractivity contribution is 5.92. The molecule has 0 aromatic carbocycles. The van der Waals surface area contributed by atoms with Crippen LogP contribution in [-0.4, -0.2) is 33.4 Å². The SMILES string of the molecule is CC(C)c1cc(C(=O)NCC(O)C(C)(C)C)n(C)n1. The monoisotopic (exact) mass is 267 g/mol. The first kappa shape index (κ1) is 15.7. The molecule has 19 heavy (non-hydrogen) atoms. The molecule has 0 radical (unpaired) electrons. The molecule has 0 bridgehead atoms. The van der Waals surface area contributed by atoms with E-state index in [4.69, 9.17) is 0 Å². The van der Waals surface area contributed by atoms with Gasteiger partial charge in [-0.05, 0) is 17.4 Å². The summed E-state index contributed by atoms with van der Waals surface area (Å²) in [6.07, 6.45) is -0.575. The topological polar surface area (TPSA) is 67.2 Å². The Bertz CT molecular complexity index is 444. The van der Waals surface area contributed by atoms with Crippen LogP contribution >= 0.6 is 0 Å². The van der Waals surface area contributed by atoms with E-state index in [1.807, 2.05) is 34.6 Å². The summed E-state index contributed by atoms with van der Waals surface area (Å²) in [5.74, 6) is 0.0816. The lowest BCUT2D eigenvalue weighted by atomic mass is 9.89. The standard InChI is InChI=1S/C14H25N3O2/c1-9(2)10-7-11(17(6)16-10)13(19)15-8-12(18)14(3,4)5/h7,9,12,18H,8H2,1-6H3,(H,15,19). The Hall–Kier alpha value is -1.36. The fourth-order valence-corrected chi connectivity index (χ4v) is 1.57. The van der Waals surface area contributed by atoms with Crippen molar-refractivity contribution in [1.29, 1.82) is 0 Å². The van der Waals surface area contributed by atoms with Gasteiger partial charge < -0.3 is 10.4 Å². The molecule has 108 valence electrons. The van der Waals surface area contributed by atoms with Crippen molar-refractivity contribution in [2.45, 2.75) is 46.6 Å². The number of rotatable bonds is 4. The number of nitrogens with zero attached hydrogens (tertiary/aromatic N) is 2. The Morgan fingerprint density at radius 2 is 2.05 bits per heavy atom. The van der Waals surface area contributed by atoms with E-state index >= 15 is 0 Å². The number of nitrogens with one attached hydrogen (secondary N) is 1. The molecule has 2 N–H and O–H groups in total. The maximum atomic E-state index is 12.0. The minimum Gasteiger partial charge on any atom is -0.391 e. The Balaban J connectivity index is 2.69. The van der Waals surface area contributed by atoms with Gasteiger partial charge in [0.25, 0.3) is 5.91 Å². The van der Waals surface area contributed by atoms with Crippen LogP contribution in [0.25, 0.3) is 0 Å². The fraction of sp³-hybridized carbons (Fsp3) is 0.714. The lowest BCUT2D eigenvalue weighted by Crippen LogP contribution is -2.39. The molecule has 0 aliphatic rings. The molecule has 0 saturated carbocycles. The van der Waals surface area contributed by atoms with Crippen molar-refractivity contribution in [3.63, 3.8) is 0 Å². The summed E-state index contributed by atoms with van der Waals surface area (Å²) >= 11 is 0. The van der Waals surface area contributed by atoms with Gasteiger partial charge in [-0.25, -0.2) is 0 Å². The van der Waals surface area contributed by atoms with Gasteiger partial charge in [0, 0.05) is 13.6 Å². The third-order valence-electron chi connectivity index (χ3n) is 3.18. The van der Waals surface area contributed by atoms with Crippen molar-refractivity contribution in [2.24, 2.45) is 12.5 Å². The third kappa shape index (κ3) is 4.06. The Morgan fingerprint density at radius 3 is 2.47 bits per heavy atom. The number of aromatic nitrogens is 2. The van der Waals surface area contributed by atoms with E-state index in [-0.39, 0.29) is 23.8 Å². The fourth-order valence-electron chi connectivity index (χ4n) is 1.57. The number of hydrogen-bond acceptors (Lipinski definition) is 3. The van der Waals surface area contributed by atoms with E-state index in [1.165, 1.54) is 0 Å². The zero-order valence-electron chi connectivity index (χ0n) is 12.7. The Kier molecular flexibility index (Phi) is 4.74. The summed E-state index contributed by atoms with van der Waals surface area (Å²) in [5, 5.41) is 17.0. The zero-order chi connectivity index (χ0) is 14.8. The third-order valence-corrected chi connectivity index (χ3v) is 3.18. The Labute approximate surface area is 115 Å². The number of aliphatic hydroxyl groups excluding tert-OH is 1. The maximum Gasteiger partial charge on any atom is 0.269 e. The minimum atomic E-state index is -0.575. The van der Waals surface area contributed by atoms with Gasteiger partial charge in [-0.2, -0.15) is 5.10 Å². The molecule has 1 heterocycles. The van der Waals surface area contributed by atoms with E-state index < -0.39 is 6.10 Å². The van der Waals surface area contributed by atoms with Crippen molar-refractivity contribution < 1.29 is 9.90 Å². The van der Waals surface area contributed by atoms with Gasteiger partial charge in [0.15, 0.2) is 0 Å². The predicted molar refractivity (Wildman–Crippen MR) is 75.1 cm³/mol. The van der Waals surface area contributed by atoms with Gasteiger partial charge in [-0.3, -0.25) is 9.48 Å². The highest BCUT2D eigenvalue weighted by Crippen LogP contribution is 2.18. The van der Waals surface area contributed by atoms with E-state index in [0.717, 1.165) is 5.69 Å². The van der Waals surface area contributed by atoms with Gasteiger partial charge in [0.05, 0.1) is 11.8 Å². The molecule has 1 atom stereocenters. The first-order valence-electron chi connectivity index (χ1n) is 6.63. The average Bonchev–Trinajstić information content (AvgIpc) is 2.66. The van der Waals surface area contributed by atoms with Crippen LogP contribution < -0.4 is 5.32 Å². The van der Waals surface area contributed by atoms with Gasteiger partial charge >= 0.3 is 0 Å². The van der Waals surface area contributed by atoms with Crippen LogP contribution in [0.5, 0.6) is 0 Å². The lowest BCUT2D eigenvalue weighted by molar-refractivity contribution is 0.0584. The summed E-state index contributed by atoms with van der Waals surface area (Å²) < 4.78 is 1.58. The quantitative estimate of drug-likeness (QED) is 0.872. The highest BCUT2D eigenvalue weighted by Gasteiger charge is 2.23. The largest absolute Gasteiger partial charge is 0.391 e. The summed E-state index contributed by atoms with van der Waals surface area (Å²) in [5.41, 5.74) is 1.16. The van der Waals surface area contributed by atoms with Crippen LogP contribution in [0.3, 0.4) is 0 Å². The normalized spacial score (nSPS) is 13.7. The minimum absolute atomic E-state index is 0.204. The van der Waals surface area contributed by atoms with E-state index in [9.17, 15) is 9.90 Å². The number of aryl methyl sites for hydroxylation is 1. The first-order valence-corrected chi connectivity index (χ1v) is 6.63. The molecule has 5 nitrogen and oxygen atoms in total. The van der Waals surface area contributed by atoms with Crippen LogP contribution in [0.1, 0.15) is 56.7 Å². The maximum absolute atomic E-state index is 12.0. The second-order valence-corrected chi connectivity index (χ2v) is 6.32. The van der Waals surface area contributed by atoms with Gasteiger partial charge in [-0.15, -0.1) is 0 Å². The molecule has 0 fully saturated rings. The molecule has 1 amide bonds. The summed E-state index contributed by atoms with van der Waals surface area (Å²) in [6, 6.07) is 1.80. The van der Waals surface area contributed by atoms with Gasteiger partial charge in [0.1, 0.15) is 5.69 Å². The smallest absolute Gasteiger partial charge is 0.269 e. The van der Waals surface area contributed by atoms with Crippen LogP contribution in [0.4, 0.5) is 0 Å². The van der Waals surface area contributed by atoms with Crippen molar-refractivity contribution in [3.05, 3.63) is 17.5 Å². The molecular weight excluding hydrogens is 242 g/mol.